The maximum absolute atomic E-state index is 11.9. The standard InChI is InChI=1S/C9H19F3N2OSi/c1-16(2,3)5-4-15-7-14-6-8(13)9(10,11)12/h6,14H,4-5,7,13H2,1-3H3/b8-6-. The molecule has 0 radical (unpaired) electrons. The van der Waals surface area contributed by atoms with Gasteiger partial charge in [-0.05, 0) is 6.04 Å². The van der Waals surface area contributed by atoms with Crippen LogP contribution in [0.15, 0.2) is 11.9 Å². The molecule has 0 unspecified atom stereocenters. The molecule has 0 spiro atoms. The van der Waals surface area contributed by atoms with E-state index in [9.17, 15) is 13.2 Å². The number of alkyl halides is 3. The van der Waals surface area contributed by atoms with Gasteiger partial charge in [-0.3, -0.25) is 0 Å². The van der Waals surface area contributed by atoms with Gasteiger partial charge in [0.1, 0.15) is 12.4 Å². The van der Waals surface area contributed by atoms with Crippen LogP contribution in [0.5, 0.6) is 0 Å². The molecule has 0 aliphatic carbocycles. The average Bonchev–Trinajstić information content (AvgIpc) is 2.07. The first-order valence-electron chi connectivity index (χ1n) is 4.97. The Bertz CT molecular complexity index is 236. The number of hydrogen-bond donors (Lipinski definition) is 2. The van der Waals surface area contributed by atoms with E-state index in [1.54, 1.807) is 0 Å². The number of halogens is 3. The van der Waals surface area contributed by atoms with E-state index in [-0.39, 0.29) is 6.73 Å². The Kier molecular flexibility index (Phi) is 5.88. The van der Waals surface area contributed by atoms with Crippen LogP contribution in [0.3, 0.4) is 0 Å². The topological polar surface area (TPSA) is 47.3 Å². The Morgan fingerprint density at radius 3 is 2.38 bits per heavy atom. The zero-order valence-electron chi connectivity index (χ0n) is 9.82. The fourth-order valence-electron chi connectivity index (χ4n) is 0.743. The quantitative estimate of drug-likeness (QED) is 0.435. The average molecular weight is 256 g/mol. The van der Waals surface area contributed by atoms with E-state index in [0.29, 0.717) is 12.8 Å². The minimum absolute atomic E-state index is 0.0429. The van der Waals surface area contributed by atoms with Crippen LogP contribution in [0.2, 0.25) is 25.7 Å². The van der Waals surface area contributed by atoms with Gasteiger partial charge in [0.25, 0.3) is 0 Å². The van der Waals surface area contributed by atoms with E-state index >= 15 is 0 Å². The smallest absolute Gasteiger partial charge is 0.394 e. The molecular formula is C9H19F3N2OSi. The molecule has 0 fully saturated rings. The number of ether oxygens (including phenoxy) is 1. The molecule has 0 aliphatic heterocycles. The second-order valence-corrected chi connectivity index (χ2v) is 10.3. The van der Waals surface area contributed by atoms with Crippen LogP contribution in [-0.2, 0) is 4.74 Å². The molecule has 7 heteroatoms. The Labute approximate surface area is 94.9 Å². The van der Waals surface area contributed by atoms with Crippen molar-refractivity contribution in [1.82, 2.24) is 5.32 Å². The summed E-state index contributed by atoms with van der Waals surface area (Å²) >= 11 is 0. The highest BCUT2D eigenvalue weighted by molar-refractivity contribution is 6.76. The largest absolute Gasteiger partial charge is 0.432 e. The van der Waals surface area contributed by atoms with E-state index in [4.69, 9.17) is 10.5 Å². The van der Waals surface area contributed by atoms with Gasteiger partial charge in [-0.1, -0.05) is 19.6 Å². The van der Waals surface area contributed by atoms with Crippen LogP contribution in [0.1, 0.15) is 0 Å². The highest BCUT2D eigenvalue weighted by Gasteiger charge is 2.31. The first-order valence-corrected chi connectivity index (χ1v) is 8.67. The van der Waals surface area contributed by atoms with E-state index in [0.717, 1.165) is 6.04 Å². The molecule has 3 N–H and O–H groups in total. The third-order valence-electron chi connectivity index (χ3n) is 1.77. The normalized spacial score (nSPS) is 14.0. The molecule has 0 amide bonds. The third kappa shape index (κ3) is 8.60. The predicted octanol–water partition coefficient (Wildman–Crippen LogP) is 2.25. The maximum Gasteiger partial charge on any atom is 0.432 e. The zero-order valence-corrected chi connectivity index (χ0v) is 10.8. The van der Waals surface area contributed by atoms with Crippen molar-refractivity contribution in [3.63, 3.8) is 0 Å². The lowest BCUT2D eigenvalue weighted by Gasteiger charge is -2.15. The number of rotatable bonds is 6. The predicted molar refractivity (Wildman–Crippen MR) is 60.4 cm³/mol. The summed E-state index contributed by atoms with van der Waals surface area (Å²) in [6.07, 6.45) is -3.76. The third-order valence-corrected chi connectivity index (χ3v) is 3.47. The minimum Gasteiger partial charge on any atom is -0.394 e. The molecule has 3 nitrogen and oxygen atoms in total. The molecule has 0 aromatic heterocycles. The van der Waals surface area contributed by atoms with Crippen LogP contribution >= 0.6 is 0 Å². The Balaban J connectivity index is 3.62. The van der Waals surface area contributed by atoms with Crippen molar-refractivity contribution in [2.75, 3.05) is 13.3 Å². The van der Waals surface area contributed by atoms with Gasteiger partial charge in [0.05, 0.1) is 0 Å². The Hall–Kier alpha value is -0.693. The highest BCUT2D eigenvalue weighted by atomic mass is 28.3. The molecule has 0 aliphatic rings. The lowest BCUT2D eigenvalue weighted by Crippen LogP contribution is -2.25. The van der Waals surface area contributed by atoms with Crippen molar-refractivity contribution in [3.8, 4) is 0 Å². The van der Waals surface area contributed by atoms with Crippen molar-refractivity contribution in [3.05, 3.63) is 11.9 Å². The van der Waals surface area contributed by atoms with Crippen LogP contribution in [0, 0.1) is 0 Å². The summed E-state index contributed by atoms with van der Waals surface area (Å²) < 4.78 is 40.9. The Morgan fingerprint density at radius 1 is 1.38 bits per heavy atom. The molecule has 0 heterocycles. The minimum atomic E-state index is -4.48. The van der Waals surface area contributed by atoms with Gasteiger partial charge in [0.15, 0.2) is 0 Å². The number of hydrogen-bond acceptors (Lipinski definition) is 3. The highest BCUT2D eigenvalue weighted by Crippen LogP contribution is 2.20. The second kappa shape index (κ2) is 6.14. The van der Waals surface area contributed by atoms with Gasteiger partial charge in [0.2, 0.25) is 0 Å². The summed E-state index contributed by atoms with van der Waals surface area (Å²) in [5.41, 5.74) is 3.61. The van der Waals surface area contributed by atoms with Gasteiger partial charge in [0, 0.05) is 20.9 Å². The zero-order chi connectivity index (χ0) is 12.8. The van der Waals surface area contributed by atoms with Crippen LogP contribution < -0.4 is 11.1 Å². The van der Waals surface area contributed by atoms with Gasteiger partial charge in [-0.15, -0.1) is 0 Å². The summed E-state index contributed by atoms with van der Waals surface area (Å²) in [6, 6.07) is 0.979. The van der Waals surface area contributed by atoms with Gasteiger partial charge in [-0.25, -0.2) is 0 Å². The van der Waals surface area contributed by atoms with Crippen LogP contribution in [0.4, 0.5) is 13.2 Å². The maximum atomic E-state index is 11.9. The van der Waals surface area contributed by atoms with Crippen molar-refractivity contribution in [2.24, 2.45) is 5.73 Å². The summed E-state index contributed by atoms with van der Waals surface area (Å²) in [5, 5.41) is 2.36. The monoisotopic (exact) mass is 256 g/mol. The molecule has 0 bridgehead atoms. The molecule has 0 saturated heterocycles. The van der Waals surface area contributed by atoms with Gasteiger partial charge >= 0.3 is 6.18 Å². The second-order valence-electron chi connectivity index (χ2n) is 4.66. The summed E-state index contributed by atoms with van der Waals surface area (Å²) in [6.45, 7) is 7.20. The van der Waals surface area contributed by atoms with Crippen LogP contribution in [-0.4, -0.2) is 27.6 Å². The fraction of sp³-hybridized carbons (Fsp3) is 0.778. The van der Waals surface area contributed by atoms with Crippen LogP contribution in [0.25, 0.3) is 0 Å². The lowest BCUT2D eigenvalue weighted by atomic mass is 10.5. The summed E-state index contributed by atoms with van der Waals surface area (Å²) in [5.74, 6) is 0. The van der Waals surface area contributed by atoms with Gasteiger partial charge in [-0.2, -0.15) is 13.2 Å². The van der Waals surface area contributed by atoms with Crippen molar-refractivity contribution < 1.29 is 17.9 Å². The molecule has 96 valence electrons. The van der Waals surface area contributed by atoms with E-state index in [1.165, 1.54) is 0 Å². The fourth-order valence-corrected chi connectivity index (χ4v) is 1.50. The van der Waals surface area contributed by atoms with E-state index in [1.807, 2.05) is 0 Å². The molecule has 0 aromatic carbocycles. The lowest BCUT2D eigenvalue weighted by molar-refractivity contribution is -0.0931. The first-order chi connectivity index (χ1) is 7.13. The molecule has 0 rings (SSSR count). The molecule has 0 saturated carbocycles. The number of nitrogens with one attached hydrogen (secondary N) is 1. The van der Waals surface area contributed by atoms with Crippen molar-refractivity contribution in [1.29, 1.82) is 0 Å². The van der Waals surface area contributed by atoms with Crippen molar-refractivity contribution in [2.45, 2.75) is 31.9 Å². The molecular weight excluding hydrogens is 237 g/mol. The first kappa shape index (κ1) is 15.3. The molecule has 0 aromatic rings. The van der Waals surface area contributed by atoms with Gasteiger partial charge < -0.3 is 15.8 Å². The SMILES string of the molecule is C[Si](C)(C)CCOCN/C=C(\N)C(F)(F)F. The molecule has 0 atom stereocenters. The Morgan fingerprint density at radius 2 is 1.94 bits per heavy atom. The van der Waals surface area contributed by atoms with E-state index in [2.05, 4.69) is 25.0 Å². The molecule has 16 heavy (non-hydrogen) atoms. The summed E-state index contributed by atoms with van der Waals surface area (Å²) in [7, 11) is -1.14. The van der Waals surface area contributed by atoms with E-state index < -0.39 is 19.9 Å². The number of nitrogens with two attached hydrogens (primary N) is 1. The summed E-state index contributed by atoms with van der Waals surface area (Å²) in [4.78, 5) is 0. The number of allylic oxidation sites excluding steroid dienone is 1. The van der Waals surface area contributed by atoms with Crippen molar-refractivity contribution >= 4 is 8.07 Å².